The zero-order valence-corrected chi connectivity index (χ0v) is 15.3. The zero-order chi connectivity index (χ0) is 15.2. The summed E-state index contributed by atoms with van der Waals surface area (Å²) >= 11 is 1.93. The van der Waals surface area contributed by atoms with E-state index in [0.717, 1.165) is 18.1 Å². The quantitative estimate of drug-likeness (QED) is 0.891. The van der Waals surface area contributed by atoms with Crippen molar-refractivity contribution in [2.75, 3.05) is 25.1 Å². The third kappa shape index (κ3) is 5.82. The van der Waals surface area contributed by atoms with Crippen LogP contribution < -0.4 is 5.32 Å². The Hall–Kier alpha value is -0.710. The van der Waals surface area contributed by atoms with E-state index < -0.39 is 0 Å². The number of rotatable bonds is 5. The van der Waals surface area contributed by atoms with Gasteiger partial charge in [0.1, 0.15) is 0 Å². The van der Waals surface area contributed by atoms with Gasteiger partial charge < -0.3 is 10.2 Å². The highest BCUT2D eigenvalue weighted by Gasteiger charge is 2.19. The fourth-order valence-corrected chi connectivity index (χ4v) is 3.44. The van der Waals surface area contributed by atoms with Gasteiger partial charge >= 0.3 is 0 Å². The highest BCUT2D eigenvalue weighted by molar-refractivity contribution is 7.99. The molecule has 2 rings (SSSR count). The highest BCUT2D eigenvalue weighted by atomic mass is 35.5. The van der Waals surface area contributed by atoms with Crippen LogP contribution in [0.5, 0.6) is 0 Å². The second kappa shape index (κ2) is 9.43. The normalized spacial score (nSPS) is 17.9. The lowest BCUT2D eigenvalue weighted by atomic mass is 10.0. The Morgan fingerprint density at radius 2 is 2.05 bits per heavy atom. The van der Waals surface area contributed by atoms with Gasteiger partial charge in [-0.1, -0.05) is 38.1 Å². The van der Waals surface area contributed by atoms with Crippen molar-refractivity contribution in [3.63, 3.8) is 0 Å². The Morgan fingerprint density at radius 1 is 1.36 bits per heavy atom. The smallest absolute Gasteiger partial charge is 0.224 e. The molecule has 1 atom stereocenters. The molecule has 1 aliphatic rings. The SMILES string of the molecule is CC(C)c1ccc(CN(C)C(=O)CC2CSCCN2)cc1.Cl. The monoisotopic (exact) mass is 342 g/mol. The summed E-state index contributed by atoms with van der Waals surface area (Å²) < 4.78 is 0. The van der Waals surface area contributed by atoms with Gasteiger partial charge in [-0.15, -0.1) is 12.4 Å². The summed E-state index contributed by atoms with van der Waals surface area (Å²) in [6.07, 6.45) is 0.605. The fourth-order valence-electron chi connectivity index (χ4n) is 2.49. The molecule has 1 N–H and O–H groups in total. The van der Waals surface area contributed by atoms with Gasteiger partial charge in [-0.05, 0) is 17.0 Å². The van der Waals surface area contributed by atoms with Crippen molar-refractivity contribution in [2.24, 2.45) is 0 Å². The molecule has 1 fully saturated rings. The minimum atomic E-state index is 0. The average molecular weight is 343 g/mol. The molecular weight excluding hydrogens is 316 g/mol. The number of carbonyl (C=O) groups is 1. The van der Waals surface area contributed by atoms with Crippen molar-refractivity contribution in [3.05, 3.63) is 35.4 Å². The summed E-state index contributed by atoms with van der Waals surface area (Å²) in [5.74, 6) is 2.97. The number of benzene rings is 1. The van der Waals surface area contributed by atoms with E-state index in [-0.39, 0.29) is 18.3 Å². The van der Waals surface area contributed by atoms with Crippen molar-refractivity contribution in [2.45, 2.75) is 38.8 Å². The first kappa shape index (κ1) is 19.3. The third-order valence-electron chi connectivity index (χ3n) is 3.91. The number of carbonyl (C=O) groups excluding carboxylic acids is 1. The lowest BCUT2D eigenvalue weighted by Gasteiger charge is -2.25. The molecule has 0 saturated carbocycles. The molecule has 1 heterocycles. The van der Waals surface area contributed by atoms with Gasteiger partial charge in [0.25, 0.3) is 0 Å². The predicted octanol–water partition coefficient (Wildman–Crippen LogP) is 3.29. The molecule has 22 heavy (non-hydrogen) atoms. The van der Waals surface area contributed by atoms with Gasteiger partial charge in [0.2, 0.25) is 5.91 Å². The highest BCUT2D eigenvalue weighted by Crippen LogP contribution is 2.16. The molecule has 0 aromatic heterocycles. The Balaban J connectivity index is 0.00000242. The Kier molecular flexibility index (Phi) is 8.29. The van der Waals surface area contributed by atoms with Gasteiger partial charge in [-0.3, -0.25) is 4.79 Å². The van der Waals surface area contributed by atoms with Gasteiger partial charge in [0.05, 0.1) is 0 Å². The third-order valence-corrected chi connectivity index (χ3v) is 5.04. The summed E-state index contributed by atoms with van der Waals surface area (Å²) in [5.41, 5.74) is 2.54. The number of amides is 1. The van der Waals surface area contributed by atoms with Crippen LogP contribution in [0.4, 0.5) is 0 Å². The number of nitrogens with zero attached hydrogens (tertiary/aromatic N) is 1. The van der Waals surface area contributed by atoms with E-state index in [1.165, 1.54) is 11.1 Å². The molecule has 0 aliphatic carbocycles. The Labute approximate surface area is 144 Å². The van der Waals surface area contributed by atoms with Crippen LogP contribution in [0.25, 0.3) is 0 Å². The Bertz CT molecular complexity index is 458. The number of halogens is 1. The van der Waals surface area contributed by atoms with Crippen LogP contribution in [0, 0.1) is 0 Å². The van der Waals surface area contributed by atoms with Crippen molar-refractivity contribution in [1.82, 2.24) is 10.2 Å². The molecule has 0 radical (unpaired) electrons. The molecule has 0 bridgehead atoms. The second-order valence-electron chi connectivity index (χ2n) is 6.08. The maximum atomic E-state index is 12.3. The Morgan fingerprint density at radius 3 is 2.59 bits per heavy atom. The first-order valence-corrected chi connectivity index (χ1v) is 8.85. The van der Waals surface area contributed by atoms with Crippen LogP contribution in [0.3, 0.4) is 0 Å². The summed E-state index contributed by atoms with van der Waals surface area (Å²) in [6, 6.07) is 8.93. The molecule has 0 spiro atoms. The summed E-state index contributed by atoms with van der Waals surface area (Å²) in [7, 11) is 1.90. The van der Waals surface area contributed by atoms with Crippen molar-refractivity contribution in [3.8, 4) is 0 Å². The molecule has 1 saturated heterocycles. The topological polar surface area (TPSA) is 32.3 Å². The second-order valence-corrected chi connectivity index (χ2v) is 7.23. The van der Waals surface area contributed by atoms with Crippen LogP contribution in [0.2, 0.25) is 0 Å². The van der Waals surface area contributed by atoms with E-state index in [1.54, 1.807) is 0 Å². The van der Waals surface area contributed by atoms with E-state index in [2.05, 4.69) is 43.4 Å². The lowest BCUT2D eigenvalue weighted by molar-refractivity contribution is -0.130. The van der Waals surface area contributed by atoms with Gasteiger partial charge in [0, 0.05) is 44.1 Å². The summed E-state index contributed by atoms with van der Waals surface area (Å²) in [6.45, 7) is 6.10. The first-order valence-electron chi connectivity index (χ1n) is 7.70. The van der Waals surface area contributed by atoms with Crippen LogP contribution >= 0.6 is 24.2 Å². The number of nitrogens with one attached hydrogen (secondary N) is 1. The number of hydrogen-bond donors (Lipinski definition) is 1. The van der Waals surface area contributed by atoms with Crippen LogP contribution in [-0.4, -0.2) is 41.9 Å². The molecular formula is C17H27ClN2OS. The van der Waals surface area contributed by atoms with E-state index >= 15 is 0 Å². The van der Waals surface area contributed by atoms with Crippen molar-refractivity contribution in [1.29, 1.82) is 0 Å². The van der Waals surface area contributed by atoms with Gasteiger partial charge in [-0.2, -0.15) is 11.8 Å². The summed E-state index contributed by atoms with van der Waals surface area (Å²) in [4.78, 5) is 14.1. The molecule has 1 amide bonds. The minimum Gasteiger partial charge on any atom is -0.341 e. The van der Waals surface area contributed by atoms with Crippen LogP contribution in [0.1, 0.15) is 37.3 Å². The van der Waals surface area contributed by atoms with Crippen molar-refractivity contribution >= 4 is 30.1 Å². The van der Waals surface area contributed by atoms with Crippen molar-refractivity contribution < 1.29 is 4.79 Å². The largest absolute Gasteiger partial charge is 0.341 e. The standard InChI is InChI=1S/C17H26N2OS.ClH/c1-13(2)15-6-4-14(5-7-15)11-19(3)17(20)10-16-12-21-9-8-18-16;/h4-7,13,16,18H,8-12H2,1-3H3;1H. The van der Waals surface area contributed by atoms with Crippen LogP contribution in [0.15, 0.2) is 24.3 Å². The molecule has 1 aromatic carbocycles. The summed E-state index contributed by atoms with van der Waals surface area (Å²) in [5, 5.41) is 3.42. The number of thioether (sulfide) groups is 1. The molecule has 5 heteroatoms. The predicted molar refractivity (Wildman–Crippen MR) is 98.0 cm³/mol. The van der Waals surface area contributed by atoms with E-state index in [9.17, 15) is 4.79 Å². The molecule has 3 nitrogen and oxygen atoms in total. The number of hydrogen-bond acceptors (Lipinski definition) is 3. The molecule has 1 aliphatic heterocycles. The van der Waals surface area contributed by atoms with Gasteiger partial charge in [0.15, 0.2) is 0 Å². The maximum Gasteiger partial charge on any atom is 0.224 e. The van der Waals surface area contributed by atoms with E-state index in [0.29, 0.717) is 24.9 Å². The van der Waals surface area contributed by atoms with E-state index in [1.807, 2.05) is 23.7 Å². The molecule has 1 aromatic rings. The van der Waals surface area contributed by atoms with E-state index in [4.69, 9.17) is 0 Å². The fraction of sp³-hybridized carbons (Fsp3) is 0.588. The first-order chi connectivity index (χ1) is 10.1. The van der Waals surface area contributed by atoms with Gasteiger partial charge in [-0.25, -0.2) is 0 Å². The zero-order valence-electron chi connectivity index (χ0n) is 13.7. The molecule has 1 unspecified atom stereocenters. The van der Waals surface area contributed by atoms with Crippen LogP contribution in [-0.2, 0) is 11.3 Å². The lowest BCUT2D eigenvalue weighted by Crippen LogP contribution is -2.41. The average Bonchev–Trinajstić information content (AvgIpc) is 2.48. The minimum absolute atomic E-state index is 0. The molecule has 124 valence electrons. The maximum absolute atomic E-state index is 12.3.